The minimum atomic E-state index is -1.27. The van der Waals surface area contributed by atoms with E-state index in [0.717, 1.165) is 11.3 Å². The van der Waals surface area contributed by atoms with E-state index in [9.17, 15) is 9.90 Å². The van der Waals surface area contributed by atoms with Gasteiger partial charge < -0.3 is 24.3 Å². The summed E-state index contributed by atoms with van der Waals surface area (Å²) in [7, 11) is 1.61. The number of amides is 1. The zero-order valence-corrected chi connectivity index (χ0v) is 15.2. The molecule has 1 atom stereocenters. The molecule has 1 aliphatic rings. The molecule has 0 aliphatic carbocycles. The van der Waals surface area contributed by atoms with Crippen molar-refractivity contribution in [3.8, 4) is 5.75 Å². The largest absolute Gasteiger partial charge is 0.497 e. The van der Waals surface area contributed by atoms with Crippen molar-refractivity contribution in [2.45, 2.75) is 30.8 Å². The lowest BCUT2D eigenvalue weighted by Crippen LogP contribution is -2.51. The van der Waals surface area contributed by atoms with Crippen LogP contribution in [0.1, 0.15) is 31.1 Å². The first-order valence-electron chi connectivity index (χ1n) is 8.75. The second-order valence-corrected chi connectivity index (χ2v) is 6.86. The van der Waals surface area contributed by atoms with Gasteiger partial charge >= 0.3 is 0 Å². The van der Waals surface area contributed by atoms with Crippen LogP contribution in [-0.2, 0) is 20.5 Å². The molecule has 1 aromatic carbocycles. The predicted molar refractivity (Wildman–Crippen MR) is 96.0 cm³/mol. The van der Waals surface area contributed by atoms with Gasteiger partial charge in [0.05, 0.1) is 25.3 Å². The normalized spacial score (nSPS) is 18.7. The number of aliphatic hydroxyl groups is 1. The number of ether oxygens (including phenoxy) is 2. The van der Waals surface area contributed by atoms with E-state index in [2.05, 4.69) is 5.32 Å². The molecule has 0 unspecified atom stereocenters. The molecule has 0 radical (unpaired) electrons. The molecule has 1 amide bonds. The molecule has 2 N–H and O–H groups in total. The van der Waals surface area contributed by atoms with Gasteiger partial charge in [-0.15, -0.1) is 0 Å². The Morgan fingerprint density at radius 3 is 2.54 bits per heavy atom. The van der Waals surface area contributed by atoms with Crippen molar-refractivity contribution in [2.24, 2.45) is 0 Å². The van der Waals surface area contributed by atoms with Crippen molar-refractivity contribution in [3.63, 3.8) is 0 Å². The Balaban J connectivity index is 1.79. The quantitative estimate of drug-likeness (QED) is 0.828. The molecule has 1 fully saturated rings. The van der Waals surface area contributed by atoms with Gasteiger partial charge in [0, 0.05) is 13.2 Å². The number of methoxy groups -OCH3 is 1. The van der Waals surface area contributed by atoms with Crippen LogP contribution in [-0.4, -0.2) is 37.9 Å². The molecule has 1 saturated heterocycles. The highest BCUT2D eigenvalue weighted by atomic mass is 16.5. The second-order valence-electron chi connectivity index (χ2n) is 6.86. The number of furan rings is 1. The van der Waals surface area contributed by atoms with Crippen LogP contribution in [0.5, 0.6) is 5.75 Å². The zero-order valence-electron chi connectivity index (χ0n) is 15.2. The average Bonchev–Trinajstić information content (AvgIpc) is 3.22. The van der Waals surface area contributed by atoms with Gasteiger partial charge in [-0.1, -0.05) is 12.1 Å². The number of carbonyl (C=O) groups is 1. The molecule has 2 aromatic rings. The summed E-state index contributed by atoms with van der Waals surface area (Å²) in [4.78, 5) is 13.2. The lowest BCUT2D eigenvalue weighted by Gasteiger charge is -2.37. The molecule has 2 heterocycles. The highest BCUT2D eigenvalue weighted by Gasteiger charge is 2.42. The number of hydrogen-bond donors (Lipinski definition) is 2. The molecular formula is C20H25NO5. The van der Waals surface area contributed by atoms with Crippen LogP contribution < -0.4 is 10.1 Å². The molecule has 0 saturated carbocycles. The van der Waals surface area contributed by atoms with E-state index in [1.807, 2.05) is 24.3 Å². The third kappa shape index (κ3) is 3.61. The van der Waals surface area contributed by atoms with Gasteiger partial charge in [-0.25, -0.2) is 0 Å². The lowest BCUT2D eigenvalue weighted by molar-refractivity contribution is -0.131. The fourth-order valence-corrected chi connectivity index (χ4v) is 3.37. The Morgan fingerprint density at radius 2 is 1.96 bits per heavy atom. The van der Waals surface area contributed by atoms with Crippen LogP contribution in [0.4, 0.5) is 0 Å². The molecule has 6 heteroatoms. The van der Waals surface area contributed by atoms with Crippen LogP contribution >= 0.6 is 0 Å². The third-order valence-electron chi connectivity index (χ3n) is 5.07. The van der Waals surface area contributed by atoms with Crippen LogP contribution in [0.25, 0.3) is 0 Å². The van der Waals surface area contributed by atoms with Gasteiger partial charge in [0.1, 0.15) is 17.1 Å². The Labute approximate surface area is 153 Å². The predicted octanol–water partition coefficient (Wildman–Crippen LogP) is 2.36. The smallest absolute Gasteiger partial charge is 0.230 e. The molecule has 6 nitrogen and oxygen atoms in total. The van der Waals surface area contributed by atoms with Gasteiger partial charge in [0.2, 0.25) is 5.91 Å². The van der Waals surface area contributed by atoms with Crippen molar-refractivity contribution < 1.29 is 23.8 Å². The summed E-state index contributed by atoms with van der Waals surface area (Å²) < 4.78 is 16.0. The van der Waals surface area contributed by atoms with Gasteiger partial charge in [0.25, 0.3) is 0 Å². The second kappa shape index (κ2) is 7.51. The molecule has 0 spiro atoms. The first-order chi connectivity index (χ1) is 12.5. The van der Waals surface area contributed by atoms with Crippen LogP contribution in [0.2, 0.25) is 0 Å². The maximum absolute atomic E-state index is 13.2. The van der Waals surface area contributed by atoms with Gasteiger partial charge in [-0.2, -0.15) is 0 Å². The van der Waals surface area contributed by atoms with Gasteiger partial charge in [-0.3, -0.25) is 4.79 Å². The monoisotopic (exact) mass is 359 g/mol. The van der Waals surface area contributed by atoms with Crippen molar-refractivity contribution in [2.75, 3.05) is 26.9 Å². The number of carbonyl (C=O) groups excluding carboxylic acids is 1. The van der Waals surface area contributed by atoms with Gasteiger partial charge in [0.15, 0.2) is 0 Å². The summed E-state index contributed by atoms with van der Waals surface area (Å²) >= 11 is 0. The summed E-state index contributed by atoms with van der Waals surface area (Å²) in [6.07, 6.45) is 2.69. The van der Waals surface area contributed by atoms with E-state index in [1.54, 1.807) is 26.2 Å². The average molecular weight is 359 g/mol. The van der Waals surface area contributed by atoms with E-state index in [-0.39, 0.29) is 12.5 Å². The maximum atomic E-state index is 13.2. The van der Waals surface area contributed by atoms with Gasteiger partial charge in [-0.05, 0) is 49.6 Å². The lowest BCUT2D eigenvalue weighted by atomic mass is 9.73. The number of benzene rings is 1. The van der Waals surface area contributed by atoms with Crippen molar-refractivity contribution in [1.29, 1.82) is 0 Å². The van der Waals surface area contributed by atoms with E-state index in [1.165, 1.54) is 6.26 Å². The minimum Gasteiger partial charge on any atom is -0.497 e. The Hall–Kier alpha value is -2.31. The van der Waals surface area contributed by atoms with Crippen molar-refractivity contribution >= 4 is 5.91 Å². The summed E-state index contributed by atoms with van der Waals surface area (Å²) in [6, 6.07) is 11.0. The van der Waals surface area contributed by atoms with Crippen LogP contribution in [0.3, 0.4) is 0 Å². The molecule has 26 heavy (non-hydrogen) atoms. The van der Waals surface area contributed by atoms with Crippen molar-refractivity contribution in [3.05, 3.63) is 54.0 Å². The fraction of sp³-hybridized carbons (Fsp3) is 0.450. The standard InChI is InChI=1S/C20H25NO5/c1-19(23,17-4-3-11-26-17)14-21-18(22)20(9-12-25-13-10-20)15-5-7-16(24-2)8-6-15/h3-8,11,23H,9-10,12-14H2,1-2H3,(H,21,22)/t19-/m0/s1. The first-order valence-corrected chi connectivity index (χ1v) is 8.75. The zero-order chi connectivity index (χ0) is 18.6. The van der Waals surface area contributed by atoms with E-state index in [0.29, 0.717) is 31.8 Å². The Kier molecular flexibility index (Phi) is 5.34. The summed E-state index contributed by atoms with van der Waals surface area (Å²) in [5.74, 6) is 1.05. The minimum absolute atomic E-state index is 0.0676. The Bertz CT molecular complexity index is 715. The molecule has 0 bridgehead atoms. The molecule has 1 aliphatic heterocycles. The van der Waals surface area contributed by atoms with E-state index in [4.69, 9.17) is 13.9 Å². The number of rotatable bonds is 6. The molecule has 3 rings (SSSR count). The summed E-state index contributed by atoms with van der Waals surface area (Å²) in [5, 5.41) is 13.5. The first kappa shape index (κ1) is 18.5. The molecular weight excluding hydrogens is 334 g/mol. The van der Waals surface area contributed by atoms with E-state index < -0.39 is 11.0 Å². The highest BCUT2D eigenvalue weighted by Crippen LogP contribution is 2.36. The topological polar surface area (TPSA) is 80.9 Å². The molecule has 140 valence electrons. The highest BCUT2D eigenvalue weighted by molar-refractivity contribution is 5.88. The third-order valence-corrected chi connectivity index (χ3v) is 5.07. The molecule has 1 aromatic heterocycles. The van der Waals surface area contributed by atoms with E-state index >= 15 is 0 Å². The van der Waals surface area contributed by atoms with Crippen LogP contribution in [0, 0.1) is 0 Å². The SMILES string of the molecule is COc1ccc(C2(C(=O)NC[C@](C)(O)c3ccco3)CCOCC2)cc1. The summed E-state index contributed by atoms with van der Waals surface area (Å²) in [6.45, 7) is 2.73. The summed E-state index contributed by atoms with van der Waals surface area (Å²) in [5.41, 5.74) is -1.02. The Morgan fingerprint density at radius 1 is 1.27 bits per heavy atom. The van der Waals surface area contributed by atoms with Crippen LogP contribution in [0.15, 0.2) is 47.1 Å². The number of hydrogen-bond acceptors (Lipinski definition) is 5. The van der Waals surface area contributed by atoms with Crippen molar-refractivity contribution in [1.82, 2.24) is 5.32 Å². The maximum Gasteiger partial charge on any atom is 0.230 e. The fourth-order valence-electron chi connectivity index (χ4n) is 3.37. The number of nitrogens with one attached hydrogen (secondary N) is 1.